The molecule has 136 valence electrons. The Morgan fingerprint density at radius 3 is 2.74 bits per heavy atom. The van der Waals surface area contributed by atoms with E-state index in [9.17, 15) is 4.79 Å². The van der Waals surface area contributed by atoms with Crippen LogP contribution in [0.15, 0.2) is 54.6 Å². The summed E-state index contributed by atoms with van der Waals surface area (Å²) in [4.78, 5) is 23.2. The smallest absolute Gasteiger partial charge is 0.232 e. The van der Waals surface area contributed by atoms with Crippen molar-refractivity contribution in [2.24, 2.45) is 0 Å². The quantitative estimate of drug-likeness (QED) is 0.678. The molecule has 27 heavy (non-hydrogen) atoms. The highest BCUT2D eigenvalue weighted by Crippen LogP contribution is 2.37. The van der Waals surface area contributed by atoms with E-state index < -0.39 is 0 Å². The van der Waals surface area contributed by atoms with Gasteiger partial charge in [-0.1, -0.05) is 30.3 Å². The minimum Gasteiger partial charge on any atom is -0.340 e. The van der Waals surface area contributed by atoms with Crippen molar-refractivity contribution >= 4 is 28.9 Å². The monoisotopic (exact) mass is 358 g/mol. The molecule has 0 radical (unpaired) electrons. The van der Waals surface area contributed by atoms with E-state index in [0.29, 0.717) is 17.6 Å². The third-order valence-electron chi connectivity index (χ3n) is 4.81. The molecule has 0 aliphatic carbocycles. The lowest BCUT2D eigenvalue weighted by atomic mass is 10.1. The van der Waals surface area contributed by atoms with Crippen LogP contribution in [0.5, 0.6) is 0 Å². The number of rotatable bonds is 4. The van der Waals surface area contributed by atoms with Gasteiger partial charge in [0.05, 0.1) is 0 Å². The number of aromatic nitrogens is 2. The highest BCUT2D eigenvalue weighted by atomic mass is 16.1. The normalized spacial score (nSPS) is 15.5. The highest BCUT2D eigenvalue weighted by molar-refractivity contribution is 5.95. The lowest BCUT2D eigenvalue weighted by molar-refractivity contribution is 0.101. The summed E-state index contributed by atoms with van der Waals surface area (Å²) in [6, 6.07) is 18.1. The van der Waals surface area contributed by atoms with Gasteiger partial charge in [0.2, 0.25) is 5.95 Å². The second-order valence-electron chi connectivity index (χ2n) is 7.01. The topological polar surface area (TPSA) is 58.1 Å². The van der Waals surface area contributed by atoms with Gasteiger partial charge < -0.3 is 10.2 Å². The third-order valence-corrected chi connectivity index (χ3v) is 4.81. The predicted molar refractivity (Wildman–Crippen MR) is 108 cm³/mol. The van der Waals surface area contributed by atoms with E-state index in [0.717, 1.165) is 23.6 Å². The molecule has 3 aromatic rings. The predicted octanol–water partition coefficient (Wildman–Crippen LogP) is 4.81. The molecule has 5 heteroatoms. The molecule has 4 rings (SSSR count). The number of fused-ring (bicyclic) bond motifs is 1. The van der Waals surface area contributed by atoms with Gasteiger partial charge in [-0.2, -0.15) is 4.98 Å². The Morgan fingerprint density at radius 1 is 1.11 bits per heavy atom. The number of carbonyl (C=O) groups is 1. The van der Waals surface area contributed by atoms with Crippen LogP contribution in [0.25, 0.3) is 0 Å². The number of nitrogens with one attached hydrogen (secondary N) is 1. The van der Waals surface area contributed by atoms with E-state index in [1.807, 2.05) is 43.3 Å². The van der Waals surface area contributed by atoms with Gasteiger partial charge in [0.15, 0.2) is 5.78 Å². The van der Waals surface area contributed by atoms with E-state index in [1.165, 1.54) is 11.3 Å². The average molecular weight is 358 g/mol. The summed E-state index contributed by atoms with van der Waals surface area (Å²) in [5.41, 5.74) is 4.88. The number of carbonyl (C=O) groups excluding carboxylic acids is 1. The SMILES string of the molecule is CC(=O)c1cccc(Nc2cc(C)nc(N3c4ccccc4CC3C)n2)c1. The van der Waals surface area contributed by atoms with Crippen LogP contribution >= 0.6 is 0 Å². The van der Waals surface area contributed by atoms with Crippen molar-refractivity contribution in [3.05, 3.63) is 71.4 Å². The van der Waals surface area contributed by atoms with Crippen molar-refractivity contribution < 1.29 is 4.79 Å². The Hall–Kier alpha value is -3.21. The maximum absolute atomic E-state index is 11.6. The molecule has 1 atom stereocenters. The Bertz CT molecular complexity index is 1010. The van der Waals surface area contributed by atoms with Crippen molar-refractivity contribution in [3.8, 4) is 0 Å². The molecule has 0 fully saturated rings. The first-order valence-electron chi connectivity index (χ1n) is 9.12. The molecular weight excluding hydrogens is 336 g/mol. The molecule has 1 unspecified atom stereocenters. The van der Waals surface area contributed by atoms with Crippen LogP contribution in [0.2, 0.25) is 0 Å². The molecule has 5 nitrogen and oxygen atoms in total. The second kappa shape index (κ2) is 6.83. The number of ketones is 1. The lowest BCUT2D eigenvalue weighted by Crippen LogP contribution is -2.26. The van der Waals surface area contributed by atoms with Crippen molar-refractivity contribution in [1.82, 2.24) is 9.97 Å². The summed E-state index contributed by atoms with van der Waals surface area (Å²) in [5.74, 6) is 1.45. The fraction of sp³-hybridized carbons (Fsp3) is 0.227. The third kappa shape index (κ3) is 3.40. The fourth-order valence-electron chi connectivity index (χ4n) is 3.56. The summed E-state index contributed by atoms with van der Waals surface area (Å²) < 4.78 is 0. The molecule has 2 heterocycles. The van der Waals surface area contributed by atoms with Crippen molar-refractivity contribution in [3.63, 3.8) is 0 Å². The molecule has 0 saturated carbocycles. The van der Waals surface area contributed by atoms with Crippen LogP contribution < -0.4 is 10.2 Å². The van der Waals surface area contributed by atoms with E-state index in [-0.39, 0.29) is 5.78 Å². The summed E-state index contributed by atoms with van der Waals surface area (Å²) in [7, 11) is 0. The van der Waals surface area contributed by atoms with Gasteiger partial charge in [-0.05, 0) is 51.0 Å². The Morgan fingerprint density at radius 2 is 1.93 bits per heavy atom. The van der Waals surface area contributed by atoms with E-state index in [1.54, 1.807) is 6.92 Å². The van der Waals surface area contributed by atoms with Crippen molar-refractivity contribution in [2.45, 2.75) is 33.2 Å². The zero-order chi connectivity index (χ0) is 19.0. The molecule has 0 spiro atoms. The minimum atomic E-state index is 0.0423. The van der Waals surface area contributed by atoms with Gasteiger partial charge in [0.1, 0.15) is 5.82 Å². The van der Waals surface area contributed by atoms with Gasteiger partial charge >= 0.3 is 0 Å². The highest BCUT2D eigenvalue weighted by Gasteiger charge is 2.29. The Labute approximate surface area is 159 Å². The average Bonchev–Trinajstić information content (AvgIpc) is 2.97. The first-order chi connectivity index (χ1) is 13.0. The maximum Gasteiger partial charge on any atom is 0.232 e. The summed E-state index contributed by atoms with van der Waals surface area (Å²) in [6.07, 6.45) is 0.983. The molecule has 2 aromatic carbocycles. The van der Waals surface area contributed by atoms with E-state index >= 15 is 0 Å². The van der Waals surface area contributed by atoms with Gasteiger partial charge in [0, 0.05) is 34.7 Å². The minimum absolute atomic E-state index is 0.0423. The second-order valence-corrected chi connectivity index (χ2v) is 7.01. The number of benzene rings is 2. The van der Waals surface area contributed by atoms with E-state index in [2.05, 4.69) is 40.3 Å². The van der Waals surface area contributed by atoms with Crippen LogP contribution in [0.3, 0.4) is 0 Å². The standard InChI is InChI=1S/C22H22N4O/c1-14-11-21(24-19-9-6-8-17(13-19)16(3)27)25-22(23-14)26-15(2)12-18-7-4-5-10-20(18)26/h4-11,13,15H,12H2,1-3H3,(H,23,24,25). The summed E-state index contributed by atoms with van der Waals surface area (Å²) >= 11 is 0. The molecule has 0 bridgehead atoms. The van der Waals surface area contributed by atoms with Crippen LogP contribution in [0.4, 0.5) is 23.1 Å². The molecule has 1 aromatic heterocycles. The first-order valence-corrected chi connectivity index (χ1v) is 9.12. The Balaban J connectivity index is 1.69. The maximum atomic E-state index is 11.6. The van der Waals surface area contributed by atoms with Crippen LogP contribution in [0, 0.1) is 6.92 Å². The fourth-order valence-corrected chi connectivity index (χ4v) is 3.56. The van der Waals surface area contributed by atoms with Crippen molar-refractivity contribution in [2.75, 3.05) is 10.2 Å². The zero-order valence-electron chi connectivity index (χ0n) is 15.7. The van der Waals surface area contributed by atoms with Crippen LogP contribution in [-0.4, -0.2) is 21.8 Å². The van der Waals surface area contributed by atoms with Gasteiger partial charge in [-0.25, -0.2) is 4.98 Å². The van der Waals surface area contributed by atoms with E-state index in [4.69, 9.17) is 4.98 Å². The molecule has 0 saturated heterocycles. The van der Waals surface area contributed by atoms with Gasteiger partial charge in [0.25, 0.3) is 0 Å². The summed E-state index contributed by atoms with van der Waals surface area (Å²) in [5, 5.41) is 3.31. The van der Waals surface area contributed by atoms with Crippen LogP contribution in [-0.2, 0) is 6.42 Å². The van der Waals surface area contributed by atoms with Gasteiger partial charge in [-0.15, -0.1) is 0 Å². The number of para-hydroxylation sites is 1. The Kier molecular flexibility index (Phi) is 4.36. The van der Waals surface area contributed by atoms with Gasteiger partial charge in [-0.3, -0.25) is 4.79 Å². The number of hydrogen-bond donors (Lipinski definition) is 1. The first kappa shape index (κ1) is 17.2. The molecule has 1 aliphatic rings. The number of nitrogens with zero attached hydrogens (tertiary/aromatic N) is 3. The number of anilines is 4. The number of hydrogen-bond acceptors (Lipinski definition) is 5. The molecule has 1 aliphatic heterocycles. The zero-order valence-corrected chi connectivity index (χ0v) is 15.7. The largest absolute Gasteiger partial charge is 0.340 e. The van der Waals surface area contributed by atoms with Crippen LogP contribution in [0.1, 0.15) is 35.5 Å². The summed E-state index contributed by atoms with van der Waals surface area (Å²) in [6.45, 7) is 5.72. The molecular formula is C22H22N4O. The number of aryl methyl sites for hydroxylation is 1. The van der Waals surface area contributed by atoms with Crippen molar-refractivity contribution in [1.29, 1.82) is 0 Å². The lowest BCUT2D eigenvalue weighted by Gasteiger charge is -2.23. The molecule has 0 amide bonds. The number of Topliss-reactive ketones (excluding diaryl/α,β-unsaturated/α-hetero) is 1. The molecule has 1 N–H and O–H groups in total.